The summed E-state index contributed by atoms with van der Waals surface area (Å²) < 4.78 is 0. The summed E-state index contributed by atoms with van der Waals surface area (Å²) >= 11 is 0. The fraction of sp³-hybridized carbons (Fsp3) is 0. The summed E-state index contributed by atoms with van der Waals surface area (Å²) in [5, 5.41) is 21.4. The minimum absolute atomic E-state index is 0.499. The molecule has 2 nitrogen and oxygen atoms in total. The first kappa shape index (κ1) is 15.6. The number of hydrogen-bond donors (Lipinski definition) is 2. The van der Waals surface area contributed by atoms with E-state index in [-0.39, 0.29) is 0 Å². The van der Waals surface area contributed by atoms with Gasteiger partial charge >= 0.3 is 7.12 Å². The minimum atomic E-state index is -1.49. The third kappa shape index (κ3) is 3.08. The first-order valence-electron chi connectivity index (χ1n) is 8.27. The predicted molar refractivity (Wildman–Crippen MR) is 105 cm³/mol. The number of benzene rings is 4. The molecule has 2 N–H and O–H groups in total. The smallest absolute Gasteiger partial charge is 0.423 e. The largest absolute Gasteiger partial charge is 0.488 e. The van der Waals surface area contributed by atoms with E-state index in [2.05, 4.69) is 24.3 Å². The van der Waals surface area contributed by atoms with Crippen LogP contribution in [0, 0.1) is 0 Å². The second-order valence-electron chi connectivity index (χ2n) is 6.11. The molecule has 0 spiro atoms. The third-order valence-corrected chi connectivity index (χ3v) is 4.47. The van der Waals surface area contributed by atoms with Crippen LogP contribution in [0.1, 0.15) is 0 Å². The Bertz CT molecular complexity index is 1010. The van der Waals surface area contributed by atoms with Crippen LogP contribution >= 0.6 is 0 Å². The highest BCUT2D eigenvalue weighted by atomic mass is 16.4. The van der Waals surface area contributed by atoms with Crippen molar-refractivity contribution in [1.82, 2.24) is 0 Å². The lowest BCUT2D eigenvalue weighted by Gasteiger charge is -2.12. The van der Waals surface area contributed by atoms with Crippen LogP contribution in [0.5, 0.6) is 0 Å². The number of rotatable bonds is 3. The van der Waals surface area contributed by atoms with Gasteiger partial charge in [-0.3, -0.25) is 0 Å². The summed E-state index contributed by atoms with van der Waals surface area (Å²) in [4.78, 5) is 0. The van der Waals surface area contributed by atoms with Gasteiger partial charge in [0.25, 0.3) is 0 Å². The Morgan fingerprint density at radius 3 is 1.84 bits per heavy atom. The van der Waals surface area contributed by atoms with Crippen molar-refractivity contribution in [2.45, 2.75) is 0 Å². The molecule has 4 aromatic carbocycles. The lowest BCUT2D eigenvalue weighted by atomic mass is 9.77. The zero-order valence-corrected chi connectivity index (χ0v) is 13.6. The van der Waals surface area contributed by atoms with Crippen molar-refractivity contribution < 1.29 is 10.0 Å². The van der Waals surface area contributed by atoms with Crippen molar-refractivity contribution in [2.24, 2.45) is 0 Å². The van der Waals surface area contributed by atoms with E-state index in [1.54, 1.807) is 0 Å². The van der Waals surface area contributed by atoms with Crippen LogP contribution in [0.4, 0.5) is 0 Å². The lowest BCUT2D eigenvalue weighted by Crippen LogP contribution is -2.29. The first-order valence-corrected chi connectivity index (χ1v) is 8.27. The molecule has 0 saturated carbocycles. The van der Waals surface area contributed by atoms with Crippen molar-refractivity contribution in [3.05, 3.63) is 91.0 Å². The summed E-state index contributed by atoms with van der Waals surface area (Å²) in [5.74, 6) is 0. The van der Waals surface area contributed by atoms with Gasteiger partial charge in [0.15, 0.2) is 0 Å². The van der Waals surface area contributed by atoms with Crippen LogP contribution in [0.15, 0.2) is 91.0 Å². The Kier molecular flexibility index (Phi) is 4.10. The molecule has 0 bridgehead atoms. The maximum atomic E-state index is 9.64. The number of fused-ring (bicyclic) bond motifs is 1. The van der Waals surface area contributed by atoms with Crippen molar-refractivity contribution >= 4 is 23.4 Å². The molecule has 4 rings (SSSR count). The molecular formula is C22H17BO2. The van der Waals surface area contributed by atoms with Gasteiger partial charge in [0.1, 0.15) is 0 Å². The summed E-state index contributed by atoms with van der Waals surface area (Å²) in [5.41, 5.74) is 4.86. The second-order valence-corrected chi connectivity index (χ2v) is 6.11. The van der Waals surface area contributed by atoms with Gasteiger partial charge in [0, 0.05) is 0 Å². The molecule has 0 aliphatic carbocycles. The Hall–Kier alpha value is -2.88. The van der Waals surface area contributed by atoms with Gasteiger partial charge in [0.05, 0.1) is 0 Å². The molecular weight excluding hydrogens is 307 g/mol. The van der Waals surface area contributed by atoms with Crippen molar-refractivity contribution in [3.63, 3.8) is 0 Å². The average molecular weight is 324 g/mol. The zero-order valence-electron chi connectivity index (χ0n) is 13.6. The molecule has 3 heteroatoms. The van der Waals surface area contributed by atoms with Crippen molar-refractivity contribution in [2.75, 3.05) is 0 Å². The maximum Gasteiger partial charge on any atom is 0.488 e. The molecule has 0 radical (unpaired) electrons. The highest BCUT2D eigenvalue weighted by molar-refractivity contribution is 6.59. The fourth-order valence-electron chi connectivity index (χ4n) is 3.20. The van der Waals surface area contributed by atoms with Crippen molar-refractivity contribution in [3.8, 4) is 22.3 Å². The Labute approximate surface area is 147 Å². The number of hydrogen-bond acceptors (Lipinski definition) is 2. The van der Waals surface area contributed by atoms with Crippen LogP contribution in [0.25, 0.3) is 33.0 Å². The van der Waals surface area contributed by atoms with Gasteiger partial charge in [-0.15, -0.1) is 0 Å². The van der Waals surface area contributed by atoms with E-state index >= 15 is 0 Å². The minimum Gasteiger partial charge on any atom is -0.423 e. The first-order chi connectivity index (χ1) is 12.2. The van der Waals surface area contributed by atoms with Crippen LogP contribution < -0.4 is 5.46 Å². The quantitative estimate of drug-likeness (QED) is 0.562. The highest BCUT2D eigenvalue weighted by Crippen LogP contribution is 2.31. The summed E-state index contributed by atoms with van der Waals surface area (Å²) in [6.07, 6.45) is 0. The van der Waals surface area contributed by atoms with Gasteiger partial charge in [-0.05, 0) is 44.6 Å². The van der Waals surface area contributed by atoms with E-state index in [0.717, 1.165) is 33.0 Å². The van der Waals surface area contributed by atoms with Gasteiger partial charge in [-0.25, -0.2) is 0 Å². The molecule has 0 amide bonds. The van der Waals surface area contributed by atoms with Gasteiger partial charge in [0.2, 0.25) is 0 Å². The standard InChI is InChI=1S/C22H17BO2/c24-23(25)20-13-19-12-11-18(16-7-3-1-4-8-16)14-21(19)22(15-20)17-9-5-2-6-10-17/h1-15,24-25H. The van der Waals surface area contributed by atoms with Gasteiger partial charge in [-0.1, -0.05) is 84.9 Å². The summed E-state index contributed by atoms with van der Waals surface area (Å²) in [6, 6.07) is 30.3. The molecule has 0 atom stereocenters. The van der Waals surface area contributed by atoms with Crippen LogP contribution in [-0.4, -0.2) is 17.2 Å². The van der Waals surface area contributed by atoms with E-state index in [0.29, 0.717) is 5.46 Å². The molecule has 0 aliphatic heterocycles. The second kappa shape index (κ2) is 6.56. The van der Waals surface area contributed by atoms with E-state index in [9.17, 15) is 10.0 Å². The maximum absolute atomic E-state index is 9.64. The zero-order chi connectivity index (χ0) is 17.2. The van der Waals surface area contributed by atoms with Gasteiger partial charge in [-0.2, -0.15) is 0 Å². The third-order valence-electron chi connectivity index (χ3n) is 4.47. The summed E-state index contributed by atoms with van der Waals surface area (Å²) in [6.45, 7) is 0. The average Bonchev–Trinajstić information content (AvgIpc) is 2.68. The molecule has 0 unspecified atom stereocenters. The van der Waals surface area contributed by atoms with Crippen LogP contribution in [0.2, 0.25) is 0 Å². The molecule has 0 heterocycles. The molecule has 4 aromatic rings. The molecule has 25 heavy (non-hydrogen) atoms. The topological polar surface area (TPSA) is 40.5 Å². The Morgan fingerprint density at radius 2 is 1.20 bits per heavy atom. The lowest BCUT2D eigenvalue weighted by molar-refractivity contribution is 0.426. The van der Waals surface area contributed by atoms with Crippen LogP contribution in [0.3, 0.4) is 0 Å². The van der Waals surface area contributed by atoms with E-state index in [1.807, 2.05) is 66.7 Å². The Morgan fingerprint density at radius 1 is 0.560 bits per heavy atom. The predicted octanol–water partition coefficient (Wildman–Crippen LogP) is 3.85. The van der Waals surface area contributed by atoms with E-state index in [4.69, 9.17) is 0 Å². The van der Waals surface area contributed by atoms with E-state index in [1.165, 1.54) is 0 Å². The normalized spacial score (nSPS) is 10.8. The summed E-state index contributed by atoms with van der Waals surface area (Å²) in [7, 11) is -1.49. The molecule has 120 valence electrons. The molecule has 0 saturated heterocycles. The highest BCUT2D eigenvalue weighted by Gasteiger charge is 2.15. The SMILES string of the molecule is OB(O)c1cc(-c2ccccc2)c2cc(-c3ccccc3)ccc2c1. The molecule has 0 fully saturated rings. The fourth-order valence-corrected chi connectivity index (χ4v) is 3.20. The molecule has 0 aliphatic rings. The molecule has 0 aromatic heterocycles. The van der Waals surface area contributed by atoms with Gasteiger partial charge < -0.3 is 10.0 Å². The monoisotopic (exact) mass is 324 g/mol. The van der Waals surface area contributed by atoms with Crippen molar-refractivity contribution in [1.29, 1.82) is 0 Å². The van der Waals surface area contributed by atoms with Crippen LogP contribution in [-0.2, 0) is 0 Å². The Balaban J connectivity index is 1.99. The van der Waals surface area contributed by atoms with E-state index < -0.39 is 7.12 Å².